The summed E-state index contributed by atoms with van der Waals surface area (Å²) in [7, 11) is 0. The summed E-state index contributed by atoms with van der Waals surface area (Å²) in [6, 6.07) is 0. The predicted octanol–water partition coefficient (Wildman–Crippen LogP) is 2.47. The standard InChI is InChI=1S/C13H22O4/c1-4-17-12(16)13(9(2)3,11(14)15)10-7-5-6-8-10/h9-10H,4-8H2,1-3H3,(H,14,15). The molecule has 0 aromatic carbocycles. The van der Waals surface area contributed by atoms with Crippen LogP contribution in [0.3, 0.4) is 0 Å². The van der Waals surface area contributed by atoms with Crippen LogP contribution >= 0.6 is 0 Å². The first-order chi connectivity index (χ1) is 7.97. The van der Waals surface area contributed by atoms with E-state index in [4.69, 9.17) is 4.74 Å². The number of hydrogen-bond donors (Lipinski definition) is 1. The zero-order chi connectivity index (χ0) is 13.1. The summed E-state index contributed by atoms with van der Waals surface area (Å²) in [5.41, 5.74) is -1.35. The van der Waals surface area contributed by atoms with Crippen molar-refractivity contribution in [3.8, 4) is 0 Å². The highest BCUT2D eigenvalue weighted by Crippen LogP contribution is 2.46. The summed E-state index contributed by atoms with van der Waals surface area (Å²) >= 11 is 0. The van der Waals surface area contributed by atoms with Crippen molar-refractivity contribution in [3.63, 3.8) is 0 Å². The molecule has 1 unspecified atom stereocenters. The molecule has 1 aliphatic rings. The highest BCUT2D eigenvalue weighted by atomic mass is 16.5. The molecule has 0 radical (unpaired) electrons. The monoisotopic (exact) mass is 242 g/mol. The van der Waals surface area contributed by atoms with Crippen LogP contribution < -0.4 is 0 Å². The molecule has 0 aromatic rings. The number of carbonyl (C=O) groups excluding carboxylic acids is 1. The maximum absolute atomic E-state index is 12.1. The van der Waals surface area contributed by atoms with E-state index in [1.165, 1.54) is 0 Å². The second-order valence-electron chi connectivity index (χ2n) is 5.03. The Balaban J connectivity index is 3.11. The molecule has 1 saturated carbocycles. The van der Waals surface area contributed by atoms with Gasteiger partial charge in [-0.05, 0) is 31.6 Å². The van der Waals surface area contributed by atoms with Crippen LogP contribution in [0.1, 0.15) is 46.5 Å². The molecule has 98 valence electrons. The number of carbonyl (C=O) groups is 2. The number of ether oxygens (including phenoxy) is 1. The van der Waals surface area contributed by atoms with Gasteiger partial charge < -0.3 is 9.84 Å². The Morgan fingerprint density at radius 2 is 1.88 bits per heavy atom. The van der Waals surface area contributed by atoms with Crippen LogP contribution in [0.15, 0.2) is 0 Å². The van der Waals surface area contributed by atoms with Crippen molar-refractivity contribution < 1.29 is 19.4 Å². The lowest BCUT2D eigenvalue weighted by molar-refractivity contribution is -0.177. The van der Waals surface area contributed by atoms with E-state index in [0.29, 0.717) is 0 Å². The quantitative estimate of drug-likeness (QED) is 0.594. The van der Waals surface area contributed by atoms with Gasteiger partial charge in [0.25, 0.3) is 0 Å². The van der Waals surface area contributed by atoms with Crippen molar-refractivity contribution in [1.82, 2.24) is 0 Å². The van der Waals surface area contributed by atoms with Gasteiger partial charge in [0.05, 0.1) is 6.61 Å². The highest BCUT2D eigenvalue weighted by Gasteiger charge is 2.56. The van der Waals surface area contributed by atoms with Crippen molar-refractivity contribution >= 4 is 11.9 Å². The Bertz CT molecular complexity index is 292. The fourth-order valence-electron chi connectivity index (χ4n) is 3.01. The number of carboxylic acids is 1. The lowest BCUT2D eigenvalue weighted by atomic mass is 9.66. The molecule has 1 rings (SSSR count). The third-order valence-electron chi connectivity index (χ3n) is 3.88. The first kappa shape index (κ1) is 14.0. The summed E-state index contributed by atoms with van der Waals surface area (Å²) < 4.78 is 5.02. The molecular weight excluding hydrogens is 220 g/mol. The van der Waals surface area contributed by atoms with Gasteiger partial charge in [-0.15, -0.1) is 0 Å². The molecule has 0 bridgehead atoms. The van der Waals surface area contributed by atoms with Gasteiger partial charge in [-0.2, -0.15) is 0 Å². The fourth-order valence-corrected chi connectivity index (χ4v) is 3.01. The van der Waals surface area contributed by atoms with Crippen LogP contribution in [-0.2, 0) is 14.3 Å². The molecule has 0 aromatic heterocycles. The lowest BCUT2D eigenvalue weighted by Crippen LogP contribution is -2.50. The minimum atomic E-state index is -1.35. The van der Waals surface area contributed by atoms with Gasteiger partial charge in [0, 0.05) is 0 Å². The molecule has 4 heteroatoms. The minimum absolute atomic E-state index is 0.0842. The van der Waals surface area contributed by atoms with Gasteiger partial charge in [-0.3, -0.25) is 9.59 Å². The van der Waals surface area contributed by atoms with Crippen LogP contribution in [0.2, 0.25) is 0 Å². The van der Waals surface area contributed by atoms with E-state index >= 15 is 0 Å². The Hall–Kier alpha value is -1.06. The Labute approximate surface area is 102 Å². The van der Waals surface area contributed by atoms with Crippen LogP contribution in [0.5, 0.6) is 0 Å². The fraction of sp³-hybridized carbons (Fsp3) is 0.846. The van der Waals surface area contributed by atoms with Gasteiger partial charge in [0.1, 0.15) is 0 Å². The van der Waals surface area contributed by atoms with E-state index in [2.05, 4.69) is 0 Å². The SMILES string of the molecule is CCOC(=O)C(C(=O)O)(C(C)C)C1CCCC1. The summed E-state index contributed by atoms with van der Waals surface area (Å²) in [4.78, 5) is 23.8. The molecule has 17 heavy (non-hydrogen) atoms. The van der Waals surface area contributed by atoms with E-state index in [-0.39, 0.29) is 18.4 Å². The van der Waals surface area contributed by atoms with Crippen LogP contribution in [-0.4, -0.2) is 23.7 Å². The number of aliphatic carboxylic acids is 1. The topological polar surface area (TPSA) is 63.6 Å². The summed E-state index contributed by atoms with van der Waals surface area (Å²) in [6.45, 7) is 5.53. The Morgan fingerprint density at radius 1 is 1.35 bits per heavy atom. The number of hydrogen-bond acceptors (Lipinski definition) is 3. The summed E-state index contributed by atoms with van der Waals surface area (Å²) in [5.74, 6) is -1.92. The largest absolute Gasteiger partial charge is 0.480 e. The smallest absolute Gasteiger partial charge is 0.324 e. The van der Waals surface area contributed by atoms with E-state index in [0.717, 1.165) is 25.7 Å². The summed E-state index contributed by atoms with van der Waals surface area (Å²) in [5, 5.41) is 9.55. The average molecular weight is 242 g/mol. The zero-order valence-electron chi connectivity index (χ0n) is 10.9. The Kier molecular flexibility index (Phi) is 4.54. The first-order valence-electron chi connectivity index (χ1n) is 6.38. The molecular formula is C13H22O4. The second-order valence-corrected chi connectivity index (χ2v) is 5.03. The van der Waals surface area contributed by atoms with Crippen molar-refractivity contribution in [2.75, 3.05) is 6.61 Å². The first-order valence-corrected chi connectivity index (χ1v) is 6.38. The van der Waals surface area contributed by atoms with Crippen LogP contribution in [0, 0.1) is 17.3 Å². The average Bonchev–Trinajstić information content (AvgIpc) is 2.71. The molecule has 1 aliphatic carbocycles. The lowest BCUT2D eigenvalue weighted by Gasteiger charge is -2.36. The predicted molar refractivity (Wildman–Crippen MR) is 63.5 cm³/mol. The molecule has 0 spiro atoms. The van der Waals surface area contributed by atoms with Crippen molar-refractivity contribution in [3.05, 3.63) is 0 Å². The highest BCUT2D eigenvalue weighted by molar-refractivity contribution is 6.00. The molecule has 1 N–H and O–H groups in total. The van der Waals surface area contributed by atoms with Gasteiger partial charge in [-0.1, -0.05) is 26.7 Å². The maximum Gasteiger partial charge on any atom is 0.324 e. The number of rotatable bonds is 5. The van der Waals surface area contributed by atoms with Crippen molar-refractivity contribution in [2.45, 2.75) is 46.5 Å². The Morgan fingerprint density at radius 3 is 2.24 bits per heavy atom. The van der Waals surface area contributed by atoms with Gasteiger partial charge in [0.15, 0.2) is 5.41 Å². The molecule has 0 heterocycles. The van der Waals surface area contributed by atoms with E-state index < -0.39 is 17.4 Å². The number of carboxylic acid groups (broad SMARTS) is 1. The van der Waals surface area contributed by atoms with Crippen molar-refractivity contribution in [1.29, 1.82) is 0 Å². The second kappa shape index (κ2) is 5.52. The summed E-state index contributed by atoms with van der Waals surface area (Å²) in [6.07, 6.45) is 3.63. The molecule has 1 atom stereocenters. The van der Waals surface area contributed by atoms with E-state index in [9.17, 15) is 14.7 Å². The zero-order valence-corrected chi connectivity index (χ0v) is 10.9. The van der Waals surface area contributed by atoms with Crippen LogP contribution in [0.25, 0.3) is 0 Å². The van der Waals surface area contributed by atoms with E-state index in [1.54, 1.807) is 20.8 Å². The van der Waals surface area contributed by atoms with Crippen LogP contribution in [0.4, 0.5) is 0 Å². The molecule has 1 fully saturated rings. The van der Waals surface area contributed by atoms with Gasteiger partial charge in [0.2, 0.25) is 0 Å². The number of esters is 1. The van der Waals surface area contributed by atoms with E-state index in [1.807, 2.05) is 0 Å². The molecule has 0 aliphatic heterocycles. The third-order valence-corrected chi connectivity index (χ3v) is 3.88. The minimum Gasteiger partial charge on any atom is -0.480 e. The maximum atomic E-state index is 12.1. The molecule has 4 nitrogen and oxygen atoms in total. The normalized spacial score (nSPS) is 20.2. The molecule has 0 amide bonds. The van der Waals surface area contributed by atoms with Crippen molar-refractivity contribution in [2.24, 2.45) is 17.3 Å². The van der Waals surface area contributed by atoms with Gasteiger partial charge >= 0.3 is 11.9 Å². The third kappa shape index (κ3) is 2.31. The van der Waals surface area contributed by atoms with Gasteiger partial charge in [-0.25, -0.2) is 0 Å². The molecule has 0 saturated heterocycles.